The summed E-state index contributed by atoms with van der Waals surface area (Å²) in [6.07, 6.45) is 1.47. The molecule has 2 unspecified atom stereocenters. The van der Waals surface area contributed by atoms with Crippen LogP contribution in [0.4, 0.5) is 5.13 Å². The number of hydrogen-bond donors (Lipinski definition) is 3. The van der Waals surface area contributed by atoms with Crippen LogP contribution in [-0.4, -0.2) is 73.3 Å². The summed E-state index contributed by atoms with van der Waals surface area (Å²) in [6, 6.07) is -1.02. The van der Waals surface area contributed by atoms with Gasteiger partial charge in [0.05, 0.1) is 0 Å². The summed E-state index contributed by atoms with van der Waals surface area (Å²) in [7, 11) is 0. The van der Waals surface area contributed by atoms with Crippen molar-refractivity contribution in [2.75, 3.05) is 12.3 Å². The maximum absolute atomic E-state index is 13.0. The SMILES string of the molecule is CC1C=C(C(=O)O)N2C(=O)C(NC(=O)/C(=N/OCC(=O)OC(C)(C)C)c3nc(N)sc3Cl)[C@H]2S1. The molecule has 1 aromatic rings. The predicted octanol–water partition coefficient (Wildman–Crippen LogP) is 1.20. The molecule has 2 aliphatic heterocycles. The van der Waals surface area contributed by atoms with Gasteiger partial charge in [-0.3, -0.25) is 14.5 Å². The number of fused-ring (bicyclic) bond motifs is 1. The number of nitrogens with zero attached hydrogens (tertiary/aromatic N) is 3. The van der Waals surface area contributed by atoms with Crippen molar-refractivity contribution in [1.29, 1.82) is 0 Å². The van der Waals surface area contributed by atoms with Gasteiger partial charge in [-0.25, -0.2) is 14.6 Å². The summed E-state index contributed by atoms with van der Waals surface area (Å²) in [5.41, 5.74) is 4.28. The van der Waals surface area contributed by atoms with Crippen LogP contribution < -0.4 is 11.1 Å². The average Bonchev–Trinajstić information content (AvgIpc) is 3.04. The molecule has 0 spiro atoms. The fourth-order valence-electron chi connectivity index (χ4n) is 3.11. The molecule has 184 valence electrons. The second kappa shape index (κ2) is 9.80. The van der Waals surface area contributed by atoms with Gasteiger partial charge in [-0.2, -0.15) is 0 Å². The van der Waals surface area contributed by atoms with Gasteiger partial charge < -0.3 is 25.7 Å². The first-order valence-electron chi connectivity index (χ1n) is 9.87. The number of halogens is 1. The molecule has 34 heavy (non-hydrogen) atoms. The topological polar surface area (TPSA) is 174 Å². The second-order valence-electron chi connectivity index (χ2n) is 8.22. The Morgan fingerprint density at radius 3 is 2.62 bits per heavy atom. The van der Waals surface area contributed by atoms with Crippen molar-refractivity contribution in [1.82, 2.24) is 15.2 Å². The third kappa shape index (κ3) is 5.62. The molecule has 3 rings (SSSR count). The zero-order chi connectivity index (χ0) is 25.4. The highest BCUT2D eigenvalue weighted by atomic mass is 35.5. The summed E-state index contributed by atoms with van der Waals surface area (Å²) in [5, 5.41) is 14.9. The average molecular weight is 532 g/mol. The van der Waals surface area contributed by atoms with E-state index < -0.39 is 53.1 Å². The lowest BCUT2D eigenvalue weighted by Gasteiger charge is -2.49. The Labute approximate surface area is 207 Å². The number of carboxylic acid groups (broad SMARTS) is 1. The van der Waals surface area contributed by atoms with Crippen molar-refractivity contribution in [3.63, 3.8) is 0 Å². The largest absolute Gasteiger partial charge is 0.477 e. The van der Waals surface area contributed by atoms with E-state index in [0.29, 0.717) is 0 Å². The summed E-state index contributed by atoms with van der Waals surface area (Å²) in [4.78, 5) is 59.1. The molecule has 0 bridgehead atoms. The number of aromatic nitrogens is 1. The molecular formula is C19H22ClN5O7S2. The van der Waals surface area contributed by atoms with Crippen LogP contribution in [0.15, 0.2) is 16.9 Å². The van der Waals surface area contributed by atoms with Crippen molar-refractivity contribution < 1.29 is 33.9 Å². The second-order valence-corrected chi connectivity index (χ2v) is 11.4. The Kier molecular flexibility index (Phi) is 7.43. The summed E-state index contributed by atoms with van der Waals surface area (Å²) in [6.45, 7) is 6.22. The number of nitrogens with two attached hydrogens (primary N) is 1. The van der Waals surface area contributed by atoms with Crippen molar-refractivity contribution >= 4 is 69.3 Å². The summed E-state index contributed by atoms with van der Waals surface area (Å²) < 4.78 is 5.16. The number of oxime groups is 1. The molecule has 15 heteroatoms. The number of aliphatic carboxylic acids is 1. The number of β-lactam (4-membered cyclic amide) rings is 1. The van der Waals surface area contributed by atoms with E-state index in [2.05, 4.69) is 15.5 Å². The minimum atomic E-state index is -1.24. The molecule has 2 amide bonds. The van der Waals surface area contributed by atoms with E-state index >= 15 is 0 Å². The first-order valence-corrected chi connectivity index (χ1v) is 12.0. The van der Waals surface area contributed by atoms with E-state index in [1.54, 1.807) is 27.7 Å². The maximum atomic E-state index is 13.0. The Morgan fingerprint density at radius 2 is 2.06 bits per heavy atom. The Balaban J connectivity index is 1.78. The van der Waals surface area contributed by atoms with Crippen LogP contribution >= 0.6 is 34.7 Å². The highest BCUT2D eigenvalue weighted by Gasteiger charge is 2.54. The third-order valence-electron chi connectivity index (χ3n) is 4.36. The lowest BCUT2D eigenvalue weighted by molar-refractivity contribution is -0.160. The molecule has 1 fully saturated rings. The molecule has 0 radical (unpaired) electrons. The number of rotatable bonds is 7. The monoisotopic (exact) mass is 531 g/mol. The first-order chi connectivity index (χ1) is 15.8. The van der Waals surface area contributed by atoms with Crippen LogP contribution in [0, 0.1) is 0 Å². The van der Waals surface area contributed by atoms with E-state index in [4.69, 9.17) is 26.9 Å². The fourth-order valence-corrected chi connectivity index (χ4v) is 5.37. The quantitative estimate of drug-likeness (QED) is 0.201. The Hall–Kier alpha value is -2.84. The Bertz CT molecular complexity index is 1100. The van der Waals surface area contributed by atoms with Crippen LogP contribution in [0.3, 0.4) is 0 Å². The number of thioether (sulfide) groups is 1. The number of anilines is 1. The van der Waals surface area contributed by atoms with Crippen LogP contribution in [0.2, 0.25) is 4.34 Å². The number of ether oxygens (including phenoxy) is 1. The highest BCUT2D eigenvalue weighted by Crippen LogP contribution is 2.40. The lowest BCUT2D eigenvalue weighted by Crippen LogP contribution is -2.71. The van der Waals surface area contributed by atoms with Crippen LogP contribution in [0.1, 0.15) is 33.4 Å². The number of nitrogens with one attached hydrogen (secondary N) is 1. The molecular weight excluding hydrogens is 510 g/mol. The highest BCUT2D eigenvalue weighted by molar-refractivity contribution is 8.00. The number of esters is 1. The fraction of sp³-hybridized carbons (Fsp3) is 0.474. The summed E-state index contributed by atoms with van der Waals surface area (Å²) >= 11 is 8.33. The van der Waals surface area contributed by atoms with Crippen molar-refractivity contribution in [3.05, 3.63) is 21.8 Å². The molecule has 2 aliphatic rings. The van der Waals surface area contributed by atoms with Gasteiger partial charge in [-0.1, -0.05) is 28.1 Å². The van der Waals surface area contributed by atoms with E-state index in [1.165, 1.54) is 17.8 Å². The maximum Gasteiger partial charge on any atom is 0.352 e. The number of hydrogen-bond acceptors (Lipinski definition) is 11. The molecule has 3 heterocycles. The van der Waals surface area contributed by atoms with Crippen LogP contribution in [-0.2, 0) is 28.8 Å². The molecule has 12 nitrogen and oxygen atoms in total. The Morgan fingerprint density at radius 1 is 1.38 bits per heavy atom. The molecule has 0 aromatic carbocycles. The normalized spacial score (nSPS) is 22.3. The van der Waals surface area contributed by atoms with Crippen molar-refractivity contribution in [2.45, 2.75) is 50.0 Å². The van der Waals surface area contributed by atoms with Gasteiger partial charge in [0.2, 0.25) is 6.61 Å². The van der Waals surface area contributed by atoms with Gasteiger partial charge >= 0.3 is 11.9 Å². The minimum absolute atomic E-state index is 0.0468. The minimum Gasteiger partial charge on any atom is -0.477 e. The van der Waals surface area contributed by atoms with Gasteiger partial charge in [0.1, 0.15) is 32.7 Å². The summed E-state index contributed by atoms with van der Waals surface area (Å²) in [5.74, 6) is -3.42. The van der Waals surface area contributed by atoms with Crippen molar-refractivity contribution in [3.8, 4) is 0 Å². The standard InChI is InChI=1S/C19H22ClN5O7S2/c1-7-5-8(17(29)30)25-15(28)12(16(25)33-7)22-14(27)11(10-13(20)34-18(21)23-10)24-31-6-9(26)32-19(2,3)4/h5,7,12,16H,6H2,1-4H3,(H2,21,23)(H,22,27)(H,29,30)/b24-11+/t7?,12?,16-/m1/s1. The van der Waals surface area contributed by atoms with Crippen LogP contribution in [0.5, 0.6) is 0 Å². The lowest BCUT2D eigenvalue weighted by atomic mass is 10.0. The van der Waals surface area contributed by atoms with E-state index in [-0.39, 0.29) is 26.1 Å². The van der Waals surface area contributed by atoms with Crippen molar-refractivity contribution in [2.24, 2.45) is 5.16 Å². The van der Waals surface area contributed by atoms with Gasteiger partial charge in [-0.15, -0.1) is 11.8 Å². The zero-order valence-electron chi connectivity index (χ0n) is 18.5. The molecule has 4 N–H and O–H groups in total. The van der Waals surface area contributed by atoms with Crippen LogP contribution in [0.25, 0.3) is 0 Å². The molecule has 3 atom stereocenters. The van der Waals surface area contributed by atoms with E-state index in [9.17, 15) is 24.3 Å². The van der Waals surface area contributed by atoms with Gasteiger partial charge in [0.15, 0.2) is 10.8 Å². The first kappa shape index (κ1) is 25.8. The van der Waals surface area contributed by atoms with Gasteiger partial charge in [0, 0.05) is 5.25 Å². The smallest absolute Gasteiger partial charge is 0.352 e. The molecule has 0 aliphatic carbocycles. The zero-order valence-corrected chi connectivity index (χ0v) is 20.9. The number of carboxylic acids is 1. The van der Waals surface area contributed by atoms with E-state index in [0.717, 1.165) is 16.2 Å². The molecule has 0 saturated carbocycles. The number of carbonyl (C=O) groups excluding carboxylic acids is 3. The van der Waals surface area contributed by atoms with E-state index in [1.807, 2.05) is 0 Å². The number of thiazole rings is 1. The van der Waals surface area contributed by atoms with Gasteiger partial charge in [-0.05, 0) is 33.8 Å². The third-order valence-corrected chi connectivity index (χ3v) is 6.77. The number of nitrogen functional groups attached to an aromatic ring is 1. The van der Waals surface area contributed by atoms with Gasteiger partial charge in [0.25, 0.3) is 11.8 Å². The number of amides is 2. The molecule has 1 aromatic heterocycles. The number of carbonyl (C=O) groups is 4. The predicted molar refractivity (Wildman–Crippen MR) is 125 cm³/mol. The molecule has 1 saturated heterocycles.